The zero-order chi connectivity index (χ0) is 11.4. The highest BCUT2D eigenvalue weighted by atomic mass is 16.1. The summed E-state index contributed by atoms with van der Waals surface area (Å²) in [5, 5.41) is 0. The first-order valence-electron chi connectivity index (χ1n) is 5.34. The number of aryl methyl sites for hydroxylation is 3. The van der Waals surface area contributed by atoms with Crippen molar-refractivity contribution < 1.29 is 0 Å². The van der Waals surface area contributed by atoms with Gasteiger partial charge in [-0.1, -0.05) is 30.3 Å². The van der Waals surface area contributed by atoms with Gasteiger partial charge in [-0.15, -0.1) is 0 Å². The molecule has 16 heavy (non-hydrogen) atoms. The topological polar surface area (TPSA) is 45.8 Å². The molecule has 0 aliphatic rings. The van der Waals surface area contributed by atoms with Crippen molar-refractivity contribution in [3.05, 3.63) is 63.8 Å². The predicted octanol–water partition coefficient (Wildman–Crippen LogP) is 1.86. The van der Waals surface area contributed by atoms with Crippen LogP contribution in [0.3, 0.4) is 0 Å². The number of aromatic nitrogens is 2. The Morgan fingerprint density at radius 3 is 2.62 bits per heavy atom. The molecule has 0 unspecified atom stereocenters. The molecule has 1 aromatic heterocycles. The van der Waals surface area contributed by atoms with Crippen molar-refractivity contribution in [2.45, 2.75) is 19.8 Å². The van der Waals surface area contributed by atoms with Gasteiger partial charge in [-0.05, 0) is 25.3 Å². The van der Waals surface area contributed by atoms with E-state index in [1.54, 1.807) is 13.1 Å². The number of hydrogen-bond acceptors (Lipinski definition) is 2. The molecule has 0 amide bonds. The maximum Gasteiger partial charge on any atom is 0.254 e. The Morgan fingerprint density at radius 2 is 1.94 bits per heavy atom. The van der Waals surface area contributed by atoms with Gasteiger partial charge in [0.2, 0.25) is 0 Å². The summed E-state index contributed by atoms with van der Waals surface area (Å²) in [4.78, 5) is 18.4. The summed E-state index contributed by atoms with van der Waals surface area (Å²) in [6.45, 7) is 1.78. The lowest BCUT2D eigenvalue weighted by atomic mass is 10.1. The lowest BCUT2D eigenvalue weighted by molar-refractivity contribution is 0.893. The second-order valence-corrected chi connectivity index (χ2v) is 3.81. The number of nitrogens with zero attached hydrogens (tertiary/aromatic N) is 1. The van der Waals surface area contributed by atoms with Crippen LogP contribution in [0.4, 0.5) is 0 Å². The van der Waals surface area contributed by atoms with Crippen LogP contribution in [0.25, 0.3) is 0 Å². The molecule has 0 spiro atoms. The van der Waals surface area contributed by atoms with Crippen molar-refractivity contribution in [3.63, 3.8) is 0 Å². The van der Waals surface area contributed by atoms with E-state index in [-0.39, 0.29) is 5.56 Å². The minimum absolute atomic E-state index is 0.0246. The molecule has 3 heteroatoms. The van der Waals surface area contributed by atoms with Gasteiger partial charge in [0, 0.05) is 11.8 Å². The lowest BCUT2D eigenvalue weighted by Crippen LogP contribution is -2.15. The molecule has 0 radical (unpaired) electrons. The first-order chi connectivity index (χ1) is 7.75. The van der Waals surface area contributed by atoms with Crippen LogP contribution in [0, 0.1) is 6.92 Å². The predicted molar refractivity (Wildman–Crippen MR) is 63.4 cm³/mol. The molecule has 0 saturated carbocycles. The summed E-state index contributed by atoms with van der Waals surface area (Å²) in [5.41, 5.74) is 1.96. The molecule has 0 atom stereocenters. The molecule has 0 bridgehead atoms. The Kier molecular flexibility index (Phi) is 3.15. The molecule has 2 rings (SSSR count). The molecule has 1 N–H and O–H groups in total. The summed E-state index contributed by atoms with van der Waals surface area (Å²) < 4.78 is 0. The number of benzene rings is 1. The average molecular weight is 214 g/mol. The zero-order valence-electron chi connectivity index (χ0n) is 9.23. The Hall–Kier alpha value is -1.90. The number of hydrogen-bond donors (Lipinski definition) is 1. The maximum atomic E-state index is 11.6. The zero-order valence-corrected chi connectivity index (χ0v) is 9.23. The minimum Gasteiger partial charge on any atom is -0.311 e. The quantitative estimate of drug-likeness (QED) is 0.847. The highest BCUT2D eigenvalue weighted by Gasteiger charge is 2.01. The Bertz CT molecular complexity index is 517. The minimum atomic E-state index is -0.0246. The fourth-order valence-corrected chi connectivity index (χ4v) is 1.61. The van der Waals surface area contributed by atoms with E-state index in [2.05, 4.69) is 22.1 Å². The Balaban J connectivity index is 2.08. The Morgan fingerprint density at radius 1 is 1.19 bits per heavy atom. The van der Waals surface area contributed by atoms with Gasteiger partial charge >= 0.3 is 0 Å². The maximum absolute atomic E-state index is 11.6. The van der Waals surface area contributed by atoms with Gasteiger partial charge in [0.15, 0.2) is 0 Å². The third kappa shape index (κ3) is 2.57. The molecule has 2 aromatic rings. The van der Waals surface area contributed by atoms with Gasteiger partial charge in [-0.2, -0.15) is 0 Å². The van der Waals surface area contributed by atoms with Gasteiger partial charge in [0.25, 0.3) is 5.56 Å². The van der Waals surface area contributed by atoms with E-state index in [0.717, 1.165) is 18.4 Å². The van der Waals surface area contributed by atoms with Crippen molar-refractivity contribution in [2.75, 3.05) is 0 Å². The van der Waals surface area contributed by atoms with Crippen molar-refractivity contribution in [1.82, 2.24) is 9.97 Å². The van der Waals surface area contributed by atoms with Crippen LogP contribution < -0.4 is 5.56 Å². The number of aromatic amines is 1. The molecule has 0 fully saturated rings. The SMILES string of the molecule is Cc1ncc(CCc2ccccc2)c(=O)[nH]1. The summed E-state index contributed by atoms with van der Waals surface area (Å²) in [7, 11) is 0. The van der Waals surface area contributed by atoms with E-state index >= 15 is 0 Å². The molecule has 0 aliphatic carbocycles. The van der Waals surface area contributed by atoms with E-state index in [4.69, 9.17) is 0 Å². The standard InChI is InChI=1S/C13H14N2O/c1-10-14-9-12(13(16)15-10)8-7-11-5-3-2-4-6-11/h2-6,9H,7-8H2,1H3,(H,14,15,16). The van der Waals surface area contributed by atoms with Crippen LogP contribution in [0.2, 0.25) is 0 Å². The number of H-pyrrole nitrogens is 1. The first-order valence-corrected chi connectivity index (χ1v) is 5.34. The molecule has 1 aromatic carbocycles. The van der Waals surface area contributed by atoms with E-state index in [0.29, 0.717) is 5.82 Å². The van der Waals surface area contributed by atoms with Gasteiger partial charge in [0.05, 0.1) is 0 Å². The van der Waals surface area contributed by atoms with Crippen LogP contribution >= 0.6 is 0 Å². The van der Waals surface area contributed by atoms with Crippen LogP contribution in [0.5, 0.6) is 0 Å². The van der Waals surface area contributed by atoms with Crippen LogP contribution in [-0.4, -0.2) is 9.97 Å². The van der Waals surface area contributed by atoms with E-state index in [1.165, 1.54) is 5.56 Å². The van der Waals surface area contributed by atoms with E-state index < -0.39 is 0 Å². The molecule has 1 heterocycles. The summed E-state index contributed by atoms with van der Waals surface area (Å²) in [6.07, 6.45) is 3.26. The summed E-state index contributed by atoms with van der Waals surface area (Å²) in [6, 6.07) is 10.1. The number of nitrogens with one attached hydrogen (secondary N) is 1. The molecule has 82 valence electrons. The fraction of sp³-hybridized carbons (Fsp3) is 0.231. The third-order valence-electron chi connectivity index (χ3n) is 2.53. The first kappa shape index (κ1) is 10.6. The van der Waals surface area contributed by atoms with Crippen LogP contribution in [0.15, 0.2) is 41.3 Å². The van der Waals surface area contributed by atoms with Gasteiger partial charge in [0.1, 0.15) is 5.82 Å². The fourth-order valence-electron chi connectivity index (χ4n) is 1.61. The highest BCUT2D eigenvalue weighted by molar-refractivity contribution is 5.17. The second-order valence-electron chi connectivity index (χ2n) is 3.81. The van der Waals surface area contributed by atoms with E-state index in [9.17, 15) is 4.79 Å². The lowest BCUT2D eigenvalue weighted by Gasteiger charge is -2.01. The van der Waals surface area contributed by atoms with Crippen molar-refractivity contribution in [2.24, 2.45) is 0 Å². The Labute approximate surface area is 94.2 Å². The molecular weight excluding hydrogens is 200 g/mol. The molecule has 3 nitrogen and oxygen atoms in total. The van der Waals surface area contributed by atoms with Gasteiger partial charge in [-0.25, -0.2) is 4.98 Å². The number of rotatable bonds is 3. The second kappa shape index (κ2) is 4.75. The van der Waals surface area contributed by atoms with Crippen LogP contribution in [0.1, 0.15) is 17.0 Å². The van der Waals surface area contributed by atoms with Gasteiger partial charge in [-0.3, -0.25) is 4.79 Å². The van der Waals surface area contributed by atoms with Gasteiger partial charge < -0.3 is 4.98 Å². The van der Waals surface area contributed by atoms with Crippen LogP contribution in [-0.2, 0) is 12.8 Å². The van der Waals surface area contributed by atoms with E-state index in [1.807, 2.05) is 18.2 Å². The molecule has 0 saturated heterocycles. The summed E-state index contributed by atoms with van der Waals surface area (Å²) in [5.74, 6) is 0.661. The molecular formula is C13H14N2O. The van der Waals surface area contributed by atoms with Crippen molar-refractivity contribution in [3.8, 4) is 0 Å². The van der Waals surface area contributed by atoms with Crippen molar-refractivity contribution in [1.29, 1.82) is 0 Å². The highest BCUT2D eigenvalue weighted by Crippen LogP contribution is 2.03. The normalized spacial score (nSPS) is 10.3. The average Bonchev–Trinajstić information content (AvgIpc) is 2.29. The molecule has 0 aliphatic heterocycles. The summed E-state index contributed by atoms with van der Waals surface area (Å²) >= 11 is 0. The third-order valence-corrected chi connectivity index (χ3v) is 2.53. The smallest absolute Gasteiger partial charge is 0.254 e. The monoisotopic (exact) mass is 214 g/mol. The van der Waals surface area contributed by atoms with Crippen molar-refractivity contribution >= 4 is 0 Å². The largest absolute Gasteiger partial charge is 0.311 e.